The van der Waals surface area contributed by atoms with Crippen molar-refractivity contribution >= 4 is 11.6 Å². The van der Waals surface area contributed by atoms with Crippen molar-refractivity contribution in [2.45, 2.75) is 26.2 Å². The number of carbonyl (C=O) groups is 1. The lowest BCUT2D eigenvalue weighted by atomic mass is 10.0. The van der Waals surface area contributed by atoms with Crippen LogP contribution in [0.4, 0.5) is 5.69 Å². The smallest absolute Gasteiger partial charge is 0.239 e. The van der Waals surface area contributed by atoms with Gasteiger partial charge in [-0.3, -0.25) is 4.79 Å². The predicted molar refractivity (Wildman–Crippen MR) is 110 cm³/mol. The van der Waals surface area contributed by atoms with Gasteiger partial charge in [-0.25, -0.2) is 4.68 Å². The molecule has 7 nitrogen and oxygen atoms in total. The monoisotopic (exact) mass is 378 g/mol. The Bertz CT molecular complexity index is 917. The van der Waals surface area contributed by atoms with Gasteiger partial charge in [-0.1, -0.05) is 50.2 Å². The molecule has 3 aromatic rings. The van der Waals surface area contributed by atoms with Gasteiger partial charge in [0.2, 0.25) is 5.91 Å². The number of tetrazole rings is 1. The Morgan fingerprint density at radius 1 is 1.14 bits per heavy atom. The zero-order valence-electron chi connectivity index (χ0n) is 16.5. The van der Waals surface area contributed by atoms with Crippen LogP contribution in [0.5, 0.6) is 0 Å². The van der Waals surface area contributed by atoms with Crippen LogP contribution in [0.1, 0.15) is 30.9 Å². The van der Waals surface area contributed by atoms with Crippen LogP contribution in [0.25, 0.3) is 11.4 Å². The van der Waals surface area contributed by atoms with Crippen LogP contribution in [0.15, 0.2) is 48.5 Å². The van der Waals surface area contributed by atoms with Crippen molar-refractivity contribution in [2.75, 3.05) is 18.4 Å². The molecule has 0 unspecified atom stereocenters. The molecule has 0 aliphatic heterocycles. The summed E-state index contributed by atoms with van der Waals surface area (Å²) in [6.07, 6.45) is 0.818. The number of aromatic nitrogens is 4. The summed E-state index contributed by atoms with van der Waals surface area (Å²) >= 11 is 0. The van der Waals surface area contributed by atoms with E-state index in [0.717, 1.165) is 17.7 Å². The summed E-state index contributed by atoms with van der Waals surface area (Å²) in [5, 5.41) is 17.6. The third-order valence-electron chi connectivity index (χ3n) is 4.58. The minimum Gasteiger partial charge on any atom is -0.376 e. The minimum absolute atomic E-state index is 0.0375. The molecule has 1 amide bonds. The summed E-state index contributed by atoms with van der Waals surface area (Å²) in [7, 11) is 1.79. The van der Waals surface area contributed by atoms with Gasteiger partial charge in [-0.2, -0.15) is 0 Å². The maximum absolute atomic E-state index is 12.1. The quantitative estimate of drug-likeness (QED) is 0.630. The summed E-state index contributed by atoms with van der Waals surface area (Å²) < 4.78 is 1.61. The maximum Gasteiger partial charge on any atom is 0.239 e. The first-order chi connectivity index (χ1) is 13.5. The van der Waals surface area contributed by atoms with Gasteiger partial charge in [0.1, 0.15) is 0 Å². The Morgan fingerprint density at radius 3 is 2.61 bits per heavy atom. The highest BCUT2D eigenvalue weighted by molar-refractivity contribution is 5.81. The van der Waals surface area contributed by atoms with Gasteiger partial charge >= 0.3 is 0 Å². The summed E-state index contributed by atoms with van der Waals surface area (Å²) in [5.74, 6) is 1.17. The first-order valence-electron chi connectivity index (χ1n) is 9.45. The zero-order valence-corrected chi connectivity index (χ0v) is 16.5. The molecular formula is C21H26N6O. The molecule has 0 bridgehead atoms. The third kappa shape index (κ3) is 5.16. The fourth-order valence-electron chi connectivity index (χ4n) is 2.90. The number of hydrogen-bond acceptors (Lipinski definition) is 5. The van der Waals surface area contributed by atoms with E-state index in [0.29, 0.717) is 18.3 Å². The Hall–Kier alpha value is -3.22. The van der Waals surface area contributed by atoms with Crippen LogP contribution in [-0.4, -0.2) is 39.2 Å². The predicted octanol–water partition coefficient (Wildman–Crippen LogP) is 2.77. The average Bonchev–Trinajstić information content (AvgIpc) is 3.13. The summed E-state index contributed by atoms with van der Waals surface area (Å²) in [5.41, 5.74) is 4.29. The fraction of sp³-hybridized carbons (Fsp3) is 0.333. The lowest BCUT2D eigenvalue weighted by Gasteiger charge is -2.10. The first-order valence-corrected chi connectivity index (χ1v) is 9.45. The van der Waals surface area contributed by atoms with Crippen LogP contribution >= 0.6 is 0 Å². The van der Waals surface area contributed by atoms with E-state index in [1.807, 2.05) is 24.3 Å². The molecule has 1 aromatic heterocycles. The highest BCUT2D eigenvalue weighted by Gasteiger charge is 2.07. The SMILES string of the molecule is CC(C)c1ccc(CCNC(=O)CNc2cccc(-c3nnnn3C)c2)cc1. The zero-order chi connectivity index (χ0) is 19.9. The standard InChI is InChI=1S/C21H26N6O/c1-15(2)17-9-7-16(8-10-17)11-12-22-20(28)14-23-19-6-4-5-18(13-19)21-24-25-26-27(21)3/h4-10,13,15,23H,11-12,14H2,1-3H3,(H,22,28). The molecule has 28 heavy (non-hydrogen) atoms. The van der Waals surface area contributed by atoms with Crippen LogP contribution < -0.4 is 10.6 Å². The number of hydrogen-bond donors (Lipinski definition) is 2. The normalized spacial score (nSPS) is 10.9. The maximum atomic E-state index is 12.1. The first kappa shape index (κ1) is 19.5. The molecule has 0 fully saturated rings. The van der Waals surface area contributed by atoms with E-state index in [2.05, 4.69) is 64.3 Å². The van der Waals surface area contributed by atoms with Crippen LogP contribution in [0, 0.1) is 0 Å². The van der Waals surface area contributed by atoms with E-state index in [-0.39, 0.29) is 12.5 Å². The molecule has 1 heterocycles. The molecule has 3 rings (SSSR count). The molecule has 0 spiro atoms. The summed E-state index contributed by atoms with van der Waals surface area (Å²) in [6.45, 7) is 5.20. The molecule has 0 radical (unpaired) electrons. The van der Waals surface area contributed by atoms with E-state index in [1.165, 1.54) is 11.1 Å². The van der Waals surface area contributed by atoms with E-state index in [1.54, 1.807) is 11.7 Å². The number of nitrogens with zero attached hydrogens (tertiary/aromatic N) is 4. The van der Waals surface area contributed by atoms with Crippen molar-refractivity contribution in [2.24, 2.45) is 7.05 Å². The van der Waals surface area contributed by atoms with Gasteiger partial charge in [0.15, 0.2) is 5.82 Å². The number of rotatable bonds is 8. The highest BCUT2D eigenvalue weighted by atomic mass is 16.1. The van der Waals surface area contributed by atoms with Crippen molar-refractivity contribution in [1.82, 2.24) is 25.5 Å². The number of nitrogens with one attached hydrogen (secondary N) is 2. The Labute approximate surface area is 165 Å². The number of amides is 1. The number of aryl methyl sites for hydroxylation is 1. The molecule has 0 aliphatic rings. The molecular weight excluding hydrogens is 352 g/mol. The molecule has 2 N–H and O–H groups in total. The second-order valence-corrected chi connectivity index (χ2v) is 7.06. The van der Waals surface area contributed by atoms with Gasteiger partial charge in [-0.05, 0) is 46.0 Å². The van der Waals surface area contributed by atoms with Gasteiger partial charge < -0.3 is 10.6 Å². The molecule has 146 valence electrons. The second-order valence-electron chi connectivity index (χ2n) is 7.06. The molecule has 7 heteroatoms. The lowest BCUT2D eigenvalue weighted by molar-refractivity contribution is -0.119. The van der Waals surface area contributed by atoms with E-state index in [9.17, 15) is 4.79 Å². The summed E-state index contributed by atoms with van der Waals surface area (Å²) in [6, 6.07) is 16.3. The minimum atomic E-state index is -0.0375. The van der Waals surface area contributed by atoms with E-state index in [4.69, 9.17) is 0 Å². The Kier molecular flexibility index (Phi) is 6.37. The van der Waals surface area contributed by atoms with Crippen molar-refractivity contribution in [3.05, 3.63) is 59.7 Å². The number of benzene rings is 2. The van der Waals surface area contributed by atoms with Gasteiger partial charge in [0.05, 0.1) is 6.54 Å². The molecule has 0 aliphatic carbocycles. The molecule has 0 saturated carbocycles. The molecule has 0 atom stereocenters. The van der Waals surface area contributed by atoms with Gasteiger partial charge in [0.25, 0.3) is 0 Å². The largest absolute Gasteiger partial charge is 0.376 e. The Morgan fingerprint density at radius 2 is 1.93 bits per heavy atom. The Balaban J connectivity index is 1.45. The topological polar surface area (TPSA) is 84.7 Å². The molecule has 2 aromatic carbocycles. The molecule has 0 saturated heterocycles. The average molecular weight is 378 g/mol. The van der Waals surface area contributed by atoms with Gasteiger partial charge in [-0.15, -0.1) is 5.10 Å². The van der Waals surface area contributed by atoms with Gasteiger partial charge in [0, 0.05) is 24.8 Å². The van der Waals surface area contributed by atoms with E-state index < -0.39 is 0 Å². The fourth-order valence-corrected chi connectivity index (χ4v) is 2.90. The third-order valence-corrected chi connectivity index (χ3v) is 4.58. The van der Waals surface area contributed by atoms with Crippen molar-refractivity contribution in [3.8, 4) is 11.4 Å². The second kappa shape index (κ2) is 9.12. The van der Waals surface area contributed by atoms with Crippen LogP contribution in [0.2, 0.25) is 0 Å². The lowest BCUT2D eigenvalue weighted by Crippen LogP contribution is -2.31. The highest BCUT2D eigenvalue weighted by Crippen LogP contribution is 2.19. The van der Waals surface area contributed by atoms with Crippen LogP contribution in [0.3, 0.4) is 0 Å². The van der Waals surface area contributed by atoms with Crippen molar-refractivity contribution < 1.29 is 4.79 Å². The summed E-state index contributed by atoms with van der Waals surface area (Å²) in [4.78, 5) is 12.1. The number of anilines is 1. The van der Waals surface area contributed by atoms with Crippen molar-refractivity contribution in [3.63, 3.8) is 0 Å². The van der Waals surface area contributed by atoms with Crippen LogP contribution in [-0.2, 0) is 18.3 Å². The van der Waals surface area contributed by atoms with E-state index >= 15 is 0 Å². The van der Waals surface area contributed by atoms with Crippen molar-refractivity contribution in [1.29, 1.82) is 0 Å². The number of carbonyl (C=O) groups excluding carboxylic acids is 1.